The molecule has 1 heterocycles. The summed E-state index contributed by atoms with van der Waals surface area (Å²) in [6, 6.07) is 8.43. The lowest BCUT2D eigenvalue weighted by atomic mass is 10.1. The summed E-state index contributed by atoms with van der Waals surface area (Å²) in [5.74, 6) is 0.838. The van der Waals surface area contributed by atoms with Gasteiger partial charge < -0.3 is 20.2 Å². The second-order valence-corrected chi connectivity index (χ2v) is 4.14. The smallest absolute Gasteiger partial charge is 0.257 e. The zero-order chi connectivity index (χ0) is 13.8. The Morgan fingerprint density at radius 1 is 1.37 bits per heavy atom. The minimum Gasteiger partial charge on any atom is -0.496 e. The van der Waals surface area contributed by atoms with Crippen LogP contribution in [0, 0.1) is 0 Å². The van der Waals surface area contributed by atoms with E-state index in [0.717, 1.165) is 0 Å². The molecule has 1 amide bonds. The van der Waals surface area contributed by atoms with Crippen LogP contribution in [-0.4, -0.2) is 13.0 Å². The molecule has 0 radical (unpaired) electrons. The molecule has 0 bridgehead atoms. The summed E-state index contributed by atoms with van der Waals surface area (Å²) >= 11 is 0. The lowest BCUT2D eigenvalue weighted by Gasteiger charge is -2.14. The van der Waals surface area contributed by atoms with Gasteiger partial charge in [0.05, 0.1) is 19.4 Å². The van der Waals surface area contributed by atoms with Gasteiger partial charge in [0, 0.05) is 5.69 Å². The number of benzene rings is 1. The average Bonchev–Trinajstić information content (AvgIpc) is 2.92. The lowest BCUT2D eigenvalue weighted by molar-refractivity contribution is 0.0933. The highest BCUT2D eigenvalue weighted by molar-refractivity contribution is 6.02. The molecular formula is C14H16N2O3. The third-order valence-electron chi connectivity index (χ3n) is 2.82. The molecule has 1 aromatic heterocycles. The molecule has 100 valence electrons. The lowest BCUT2D eigenvalue weighted by Crippen LogP contribution is -2.27. The van der Waals surface area contributed by atoms with E-state index in [1.807, 2.05) is 6.92 Å². The summed E-state index contributed by atoms with van der Waals surface area (Å²) in [6.45, 7) is 1.84. The maximum atomic E-state index is 12.2. The van der Waals surface area contributed by atoms with Crippen LogP contribution in [0.1, 0.15) is 29.1 Å². The number of anilines is 1. The summed E-state index contributed by atoms with van der Waals surface area (Å²) in [5.41, 5.74) is 6.54. The standard InChI is InChI=1S/C14H16N2O3/c1-9(11-7-4-8-19-11)16-14(17)13-10(15)5-3-6-12(13)18-2/h3-9H,15H2,1-2H3,(H,16,17). The molecule has 2 aromatic rings. The van der Waals surface area contributed by atoms with E-state index in [1.54, 1.807) is 36.6 Å². The first-order valence-corrected chi connectivity index (χ1v) is 5.90. The summed E-state index contributed by atoms with van der Waals surface area (Å²) in [5, 5.41) is 2.82. The Balaban J connectivity index is 2.21. The SMILES string of the molecule is COc1cccc(N)c1C(=O)NC(C)c1ccco1. The van der Waals surface area contributed by atoms with Crippen molar-refractivity contribution >= 4 is 11.6 Å². The van der Waals surface area contributed by atoms with Gasteiger partial charge in [-0.25, -0.2) is 0 Å². The zero-order valence-corrected chi connectivity index (χ0v) is 10.8. The summed E-state index contributed by atoms with van der Waals surface area (Å²) in [6.07, 6.45) is 1.56. The highest BCUT2D eigenvalue weighted by Crippen LogP contribution is 2.25. The molecule has 1 atom stereocenters. The van der Waals surface area contributed by atoms with Gasteiger partial charge in [0.2, 0.25) is 0 Å². The first kappa shape index (κ1) is 13.0. The Hall–Kier alpha value is -2.43. The molecule has 3 N–H and O–H groups in total. The van der Waals surface area contributed by atoms with E-state index in [9.17, 15) is 4.79 Å². The first-order chi connectivity index (χ1) is 9.13. The molecular weight excluding hydrogens is 244 g/mol. The van der Waals surface area contributed by atoms with Crippen LogP contribution in [0.25, 0.3) is 0 Å². The van der Waals surface area contributed by atoms with Crippen LogP contribution >= 0.6 is 0 Å². The number of nitrogens with one attached hydrogen (secondary N) is 1. The van der Waals surface area contributed by atoms with Crippen molar-refractivity contribution in [1.82, 2.24) is 5.32 Å². The fourth-order valence-electron chi connectivity index (χ4n) is 1.84. The van der Waals surface area contributed by atoms with E-state index in [2.05, 4.69) is 5.32 Å². The number of rotatable bonds is 4. The van der Waals surface area contributed by atoms with Crippen LogP contribution in [0.4, 0.5) is 5.69 Å². The molecule has 1 unspecified atom stereocenters. The fraction of sp³-hybridized carbons (Fsp3) is 0.214. The van der Waals surface area contributed by atoms with E-state index < -0.39 is 0 Å². The Morgan fingerprint density at radius 2 is 2.16 bits per heavy atom. The van der Waals surface area contributed by atoms with Crippen LogP contribution in [0.2, 0.25) is 0 Å². The molecule has 5 heteroatoms. The third-order valence-corrected chi connectivity index (χ3v) is 2.82. The average molecular weight is 260 g/mol. The third kappa shape index (κ3) is 2.70. The number of methoxy groups -OCH3 is 1. The minimum atomic E-state index is -0.293. The second kappa shape index (κ2) is 5.48. The molecule has 0 aliphatic heterocycles. The van der Waals surface area contributed by atoms with E-state index >= 15 is 0 Å². The Kier molecular flexibility index (Phi) is 3.75. The van der Waals surface area contributed by atoms with Crippen molar-refractivity contribution < 1.29 is 13.9 Å². The van der Waals surface area contributed by atoms with Gasteiger partial charge in [0.25, 0.3) is 5.91 Å². The second-order valence-electron chi connectivity index (χ2n) is 4.14. The molecule has 0 spiro atoms. The van der Waals surface area contributed by atoms with Crippen molar-refractivity contribution in [1.29, 1.82) is 0 Å². The fourth-order valence-corrected chi connectivity index (χ4v) is 1.84. The van der Waals surface area contributed by atoms with Gasteiger partial charge in [0.1, 0.15) is 17.1 Å². The number of amides is 1. The van der Waals surface area contributed by atoms with Crippen molar-refractivity contribution in [2.45, 2.75) is 13.0 Å². The van der Waals surface area contributed by atoms with Crippen molar-refractivity contribution in [3.63, 3.8) is 0 Å². The summed E-state index contributed by atoms with van der Waals surface area (Å²) in [4.78, 5) is 12.2. The number of carbonyl (C=O) groups excluding carboxylic acids is 1. The Morgan fingerprint density at radius 3 is 2.79 bits per heavy atom. The number of carbonyl (C=O) groups is 1. The van der Waals surface area contributed by atoms with Gasteiger partial charge in [-0.05, 0) is 31.2 Å². The van der Waals surface area contributed by atoms with Crippen molar-refractivity contribution in [2.24, 2.45) is 0 Å². The normalized spacial score (nSPS) is 11.9. The Labute approximate surface area is 111 Å². The van der Waals surface area contributed by atoms with Crippen LogP contribution < -0.4 is 15.8 Å². The molecule has 0 aliphatic rings. The quantitative estimate of drug-likeness (QED) is 0.827. The molecule has 19 heavy (non-hydrogen) atoms. The van der Waals surface area contributed by atoms with Gasteiger partial charge in [-0.15, -0.1) is 0 Å². The van der Waals surface area contributed by atoms with Gasteiger partial charge in [-0.1, -0.05) is 6.07 Å². The zero-order valence-electron chi connectivity index (χ0n) is 10.8. The predicted molar refractivity (Wildman–Crippen MR) is 72.0 cm³/mol. The minimum absolute atomic E-state index is 0.244. The molecule has 5 nitrogen and oxygen atoms in total. The molecule has 0 fully saturated rings. The van der Waals surface area contributed by atoms with Crippen LogP contribution in [-0.2, 0) is 0 Å². The number of furan rings is 1. The molecule has 0 aliphatic carbocycles. The van der Waals surface area contributed by atoms with E-state index in [4.69, 9.17) is 14.9 Å². The predicted octanol–water partition coefficient (Wildman–Crippen LogP) is 2.36. The van der Waals surface area contributed by atoms with Gasteiger partial charge in [0.15, 0.2) is 0 Å². The van der Waals surface area contributed by atoms with E-state index in [1.165, 1.54) is 7.11 Å². The van der Waals surface area contributed by atoms with E-state index in [-0.39, 0.29) is 11.9 Å². The topological polar surface area (TPSA) is 77.5 Å². The molecule has 0 saturated carbocycles. The number of hydrogen-bond acceptors (Lipinski definition) is 4. The Bertz CT molecular complexity index is 564. The molecule has 1 aromatic carbocycles. The van der Waals surface area contributed by atoms with E-state index in [0.29, 0.717) is 22.8 Å². The van der Waals surface area contributed by atoms with Crippen LogP contribution in [0.3, 0.4) is 0 Å². The van der Waals surface area contributed by atoms with Crippen molar-refractivity contribution in [2.75, 3.05) is 12.8 Å². The molecule has 0 saturated heterocycles. The summed E-state index contributed by atoms with van der Waals surface area (Å²) < 4.78 is 10.4. The number of ether oxygens (including phenoxy) is 1. The highest BCUT2D eigenvalue weighted by atomic mass is 16.5. The highest BCUT2D eigenvalue weighted by Gasteiger charge is 2.19. The first-order valence-electron chi connectivity index (χ1n) is 5.90. The van der Waals surface area contributed by atoms with Crippen LogP contribution in [0.5, 0.6) is 5.75 Å². The number of nitrogen functional groups attached to an aromatic ring is 1. The monoisotopic (exact) mass is 260 g/mol. The van der Waals surface area contributed by atoms with Gasteiger partial charge in [-0.2, -0.15) is 0 Å². The van der Waals surface area contributed by atoms with Crippen molar-refractivity contribution in [3.8, 4) is 5.75 Å². The van der Waals surface area contributed by atoms with Gasteiger partial charge in [-0.3, -0.25) is 4.79 Å². The molecule has 2 rings (SSSR count). The maximum absolute atomic E-state index is 12.2. The summed E-state index contributed by atoms with van der Waals surface area (Å²) in [7, 11) is 1.50. The number of nitrogens with two attached hydrogens (primary N) is 1. The number of hydrogen-bond donors (Lipinski definition) is 2. The maximum Gasteiger partial charge on any atom is 0.257 e. The van der Waals surface area contributed by atoms with Gasteiger partial charge >= 0.3 is 0 Å². The largest absolute Gasteiger partial charge is 0.496 e. The van der Waals surface area contributed by atoms with Crippen LogP contribution in [0.15, 0.2) is 41.0 Å². The van der Waals surface area contributed by atoms with Crippen molar-refractivity contribution in [3.05, 3.63) is 47.9 Å².